The second-order valence-electron chi connectivity index (χ2n) is 5.56. The van der Waals surface area contributed by atoms with Gasteiger partial charge in [-0.05, 0) is 5.56 Å². The number of carbonyl (C=O) groups excluding carboxylic acids is 1. The third-order valence-electron chi connectivity index (χ3n) is 4.21. The van der Waals surface area contributed by atoms with Gasteiger partial charge in [-0.25, -0.2) is 0 Å². The van der Waals surface area contributed by atoms with Crippen LogP contribution < -0.4 is 0 Å². The zero-order valence-electron chi connectivity index (χ0n) is 12.4. The molecule has 0 aromatic heterocycles. The molecule has 1 N–H and O–H groups in total. The van der Waals surface area contributed by atoms with E-state index in [0.29, 0.717) is 12.3 Å². The molecule has 4 heteroatoms. The van der Waals surface area contributed by atoms with Crippen LogP contribution in [0.3, 0.4) is 0 Å². The first-order valence-corrected chi connectivity index (χ1v) is 7.29. The van der Waals surface area contributed by atoms with E-state index < -0.39 is 5.92 Å². The minimum absolute atomic E-state index is 0.00879. The van der Waals surface area contributed by atoms with Crippen molar-refractivity contribution in [3.8, 4) is 0 Å². The topological polar surface area (TPSA) is 52.9 Å². The molecule has 2 aromatic carbocycles. The van der Waals surface area contributed by atoms with Crippen LogP contribution in [0, 0.1) is 5.92 Å². The number of amides is 1. The van der Waals surface area contributed by atoms with Crippen molar-refractivity contribution in [2.45, 2.75) is 5.92 Å². The van der Waals surface area contributed by atoms with E-state index in [1.165, 1.54) is 0 Å². The van der Waals surface area contributed by atoms with Crippen LogP contribution in [0.1, 0.15) is 17.0 Å². The Kier molecular flexibility index (Phi) is 3.92. The molecule has 0 unspecified atom stereocenters. The number of carbonyl (C=O) groups is 1. The van der Waals surface area contributed by atoms with E-state index in [4.69, 9.17) is 0 Å². The molecule has 2 atom stereocenters. The van der Waals surface area contributed by atoms with Crippen molar-refractivity contribution >= 4 is 11.6 Å². The highest BCUT2D eigenvalue weighted by molar-refractivity contribution is 6.14. The summed E-state index contributed by atoms with van der Waals surface area (Å²) in [6.07, 6.45) is 0. The first-order valence-electron chi connectivity index (χ1n) is 7.29. The van der Waals surface area contributed by atoms with Gasteiger partial charge in [-0.15, -0.1) is 0 Å². The minimum Gasteiger partial charge on any atom is -0.411 e. The van der Waals surface area contributed by atoms with Gasteiger partial charge in [0.25, 0.3) is 0 Å². The van der Waals surface area contributed by atoms with Crippen molar-refractivity contribution in [1.82, 2.24) is 4.90 Å². The molecule has 1 saturated heterocycles. The maximum Gasteiger partial charge on any atom is 0.232 e. The summed E-state index contributed by atoms with van der Waals surface area (Å²) in [7, 11) is 1.79. The molecule has 4 nitrogen and oxygen atoms in total. The molecule has 0 aliphatic carbocycles. The molecular formula is C18H18N2O2. The highest BCUT2D eigenvalue weighted by Crippen LogP contribution is 2.35. The van der Waals surface area contributed by atoms with E-state index in [-0.39, 0.29) is 11.8 Å². The largest absolute Gasteiger partial charge is 0.411 e. The van der Waals surface area contributed by atoms with Gasteiger partial charge in [0.1, 0.15) is 0 Å². The van der Waals surface area contributed by atoms with Crippen LogP contribution in [0.2, 0.25) is 0 Å². The average Bonchev–Trinajstić information content (AvgIpc) is 2.86. The Balaban J connectivity index is 2.03. The molecular weight excluding hydrogens is 276 g/mol. The Morgan fingerprint density at radius 1 is 1.09 bits per heavy atom. The SMILES string of the molecule is CN1C[C@@H](c2ccccc2)[C@H](/C(=N/O)c2ccccc2)C1=O. The molecule has 3 rings (SSSR count). The average molecular weight is 294 g/mol. The first-order chi connectivity index (χ1) is 10.7. The van der Waals surface area contributed by atoms with E-state index in [9.17, 15) is 10.0 Å². The summed E-state index contributed by atoms with van der Waals surface area (Å²) >= 11 is 0. The Labute approximate surface area is 129 Å². The lowest BCUT2D eigenvalue weighted by molar-refractivity contribution is -0.128. The van der Waals surface area contributed by atoms with Crippen molar-refractivity contribution in [2.75, 3.05) is 13.6 Å². The number of likely N-dealkylation sites (N-methyl/N-ethyl adjacent to an activating group) is 1. The number of hydrogen-bond acceptors (Lipinski definition) is 3. The zero-order valence-corrected chi connectivity index (χ0v) is 12.4. The van der Waals surface area contributed by atoms with Crippen molar-refractivity contribution < 1.29 is 10.0 Å². The van der Waals surface area contributed by atoms with Crippen LogP contribution in [0.25, 0.3) is 0 Å². The highest BCUT2D eigenvalue weighted by Gasteiger charge is 2.43. The Morgan fingerprint density at radius 2 is 1.68 bits per heavy atom. The fourth-order valence-corrected chi connectivity index (χ4v) is 3.11. The van der Waals surface area contributed by atoms with Gasteiger partial charge in [-0.3, -0.25) is 4.79 Å². The molecule has 2 aromatic rings. The van der Waals surface area contributed by atoms with Crippen molar-refractivity contribution in [2.24, 2.45) is 11.1 Å². The highest BCUT2D eigenvalue weighted by atomic mass is 16.4. The second kappa shape index (κ2) is 6.02. The Hall–Kier alpha value is -2.62. The van der Waals surface area contributed by atoms with Gasteiger partial charge in [0.05, 0.1) is 11.6 Å². The minimum atomic E-state index is -0.459. The van der Waals surface area contributed by atoms with Crippen molar-refractivity contribution in [1.29, 1.82) is 0 Å². The molecule has 112 valence electrons. The smallest absolute Gasteiger partial charge is 0.232 e. The van der Waals surface area contributed by atoms with Gasteiger partial charge in [-0.1, -0.05) is 65.8 Å². The van der Waals surface area contributed by atoms with Gasteiger partial charge >= 0.3 is 0 Å². The quantitative estimate of drug-likeness (QED) is 0.537. The monoisotopic (exact) mass is 294 g/mol. The molecule has 22 heavy (non-hydrogen) atoms. The van der Waals surface area contributed by atoms with E-state index >= 15 is 0 Å². The van der Waals surface area contributed by atoms with Gasteiger partial charge in [0.2, 0.25) is 5.91 Å². The van der Waals surface area contributed by atoms with E-state index in [1.807, 2.05) is 60.7 Å². The van der Waals surface area contributed by atoms with Crippen molar-refractivity contribution in [3.05, 3.63) is 71.8 Å². The fraction of sp³-hybridized carbons (Fsp3) is 0.222. The standard InChI is InChI=1S/C18H18N2O2/c1-20-12-15(13-8-4-2-5-9-13)16(18(20)21)17(19-22)14-10-6-3-7-11-14/h2-11,15-16,22H,12H2,1H3/b19-17+/t15-,16+/m0/s1. The molecule has 0 bridgehead atoms. The zero-order chi connectivity index (χ0) is 15.5. The Morgan fingerprint density at radius 3 is 2.27 bits per heavy atom. The van der Waals surface area contributed by atoms with Crippen LogP contribution >= 0.6 is 0 Å². The molecule has 1 aliphatic heterocycles. The summed E-state index contributed by atoms with van der Waals surface area (Å²) in [6.45, 7) is 0.624. The normalized spacial score (nSPS) is 22.1. The van der Waals surface area contributed by atoms with Crippen LogP contribution in [0.15, 0.2) is 65.8 Å². The molecule has 0 radical (unpaired) electrons. The Bertz CT molecular complexity index is 683. The predicted molar refractivity (Wildman–Crippen MR) is 85.1 cm³/mol. The van der Waals surface area contributed by atoms with Gasteiger partial charge in [0, 0.05) is 25.1 Å². The van der Waals surface area contributed by atoms with Crippen molar-refractivity contribution in [3.63, 3.8) is 0 Å². The van der Waals surface area contributed by atoms with E-state index in [1.54, 1.807) is 11.9 Å². The molecule has 1 aliphatic rings. The molecule has 1 fully saturated rings. The maximum absolute atomic E-state index is 12.6. The maximum atomic E-state index is 12.6. The number of nitrogens with zero attached hydrogens (tertiary/aromatic N) is 2. The second-order valence-corrected chi connectivity index (χ2v) is 5.56. The number of benzene rings is 2. The lowest BCUT2D eigenvalue weighted by atomic mass is 9.83. The number of rotatable bonds is 3. The van der Waals surface area contributed by atoms with E-state index in [0.717, 1.165) is 11.1 Å². The lowest BCUT2D eigenvalue weighted by Gasteiger charge is -2.18. The summed E-state index contributed by atoms with van der Waals surface area (Å²) in [4.78, 5) is 14.3. The molecule has 0 spiro atoms. The first kappa shape index (κ1) is 14.3. The van der Waals surface area contributed by atoms with E-state index in [2.05, 4.69) is 5.16 Å². The molecule has 0 saturated carbocycles. The molecule has 1 amide bonds. The third kappa shape index (κ3) is 2.48. The van der Waals surface area contributed by atoms with Crippen LogP contribution in [0.4, 0.5) is 0 Å². The number of likely N-dealkylation sites (tertiary alicyclic amines) is 1. The van der Waals surface area contributed by atoms with Gasteiger partial charge in [0.15, 0.2) is 0 Å². The lowest BCUT2D eigenvalue weighted by Crippen LogP contribution is -2.29. The summed E-state index contributed by atoms with van der Waals surface area (Å²) in [5, 5.41) is 13.0. The summed E-state index contributed by atoms with van der Waals surface area (Å²) in [6, 6.07) is 19.3. The number of oxime groups is 1. The number of hydrogen-bond donors (Lipinski definition) is 1. The molecule has 1 heterocycles. The van der Waals surface area contributed by atoms with Crippen LogP contribution in [0.5, 0.6) is 0 Å². The predicted octanol–water partition coefficient (Wildman–Crippen LogP) is 2.74. The van der Waals surface area contributed by atoms with Gasteiger partial charge < -0.3 is 10.1 Å². The van der Waals surface area contributed by atoms with Gasteiger partial charge in [-0.2, -0.15) is 0 Å². The summed E-state index contributed by atoms with van der Waals surface area (Å²) < 4.78 is 0. The fourth-order valence-electron chi connectivity index (χ4n) is 3.11. The van der Waals surface area contributed by atoms with Crippen LogP contribution in [-0.4, -0.2) is 35.3 Å². The van der Waals surface area contributed by atoms with Crippen LogP contribution in [-0.2, 0) is 4.79 Å². The summed E-state index contributed by atoms with van der Waals surface area (Å²) in [5.41, 5.74) is 2.30. The third-order valence-corrected chi connectivity index (χ3v) is 4.21. The summed E-state index contributed by atoms with van der Waals surface area (Å²) in [5.74, 6) is -0.477.